The predicted octanol–water partition coefficient (Wildman–Crippen LogP) is 2.25. The normalized spacial score (nSPS) is 16.9. The van der Waals surface area contributed by atoms with Gasteiger partial charge >= 0.3 is 0 Å². The largest absolute Gasteiger partial charge is 0.367 e. The SMILES string of the molecule is O=Cc1cccnc1NC1CCCC1. The average Bonchev–Trinajstić information content (AvgIpc) is 2.71. The third kappa shape index (κ3) is 1.92. The molecule has 0 aromatic carbocycles. The summed E-state index contributed by atoms with van der Waals surface area (Å²) < 4.78 is 0. The molecular weight excluding hydrogens is 176 g/mol. The van der Waals surface area contributed by atoms with E-state index >= 15 is 0 Å². The minimum Gasteiger partial charge on any atom is -0.367 e. The van der Waals surface area contributed by atoms with Crippen molar-refractivity contribution < 1.29 is 4.79 Å². The molecule has 0 saturated heterocycles. The molecule has 3 heteroatoms. The first-order valence-corrected chi connectivity index (χ1v) is 5.07. The molecule has 0 unspecified atom stereocenters. The summed E-state index contributed by atoms with van der Waals surface area (Å²) in [5.74, 6) is 0.731. The molecule has 0 atom stereocenters. The van der Waals surface area contributed by atoms with Crippen LogP contribution in [0, 0.1) is 0 Å². The first kappa shape index (κ1) is 9.19. The van der Waals surface area contributed by atoms with Crippen LogP contribution in [0.2, 0.25) is 0 Å². The van der Waals surface area contributed by atoms with E-state index in [0.29, 0.717) is 11.6 Å². The van der Waals surface area contributed by atoms with Gasteiger partial charge in [0.1, 0.15) is 5.82 Å². The quantitative estimate of drug-likeness (QED) is 0.743. The van der Waals surface area contributed by atoms with E-state index in [0.717, 1.165) is 12.1 Å². The van der Waals surface area contributed by atoms with Crippen molar-refractivity contribution in [2.24, 2.45) is 0 Å². The van der Waals surface area contributed by atoms with Crippen molar-refractivity contribution in [1.29, 1.82) is 0 Å². The Morgan fingerprint density at radius 1 is 1.43 bits per heavy atom. The van der Waals surface area contributed by atoms with Crippen LogP contribution in [0.15, 0.2) is 18.3 Å². The molecule has 1 aromatic heterocycles. The lowest BCUT2D eigenvalue weighted by Gasteiger charge is -2.13. The lowest BCUT2D eigenvalue weighted by Crippen LogP contribution is -2.16. The lowest BCUT2D eigenvalue weighted by atomic mass is 10.2. The molecule has 1 saturated carbocycles. The highest BCUT2D eigenvalue weighted by atomic mass is 16.1. The van der Waals surface area contributed by atoms with Crippen LogP contribution in [0.25, 0.3) is 0 Å². The lowest BCUT2D eigenvalue weighted by molar-refractivity contribution is 0.112. The fraction of sp³-hybridized carbons (Fsp3) is 0.455. The van der Waals surface area contributed by atoms with Gasteiger partial charge in [-0.05, 0) is 25.0 Å². The highest BCUT2D eigenvalue weighted by Gasteiger charge is 2.15. The van der Waals surface area contributed by atoms with Gasteiger partial charge in [-0.25, -0.2) is 4.98 Å². The van der Waals surface area contributed by atoms with Gasteiger partial charge in [-0.2, -0.15) is 0 Å². The van der Waals surface area contributed by atoms with Crippen molar-refractivity contribution in [1.82, 2.24) is 4.98 Å². The summed E-state index contributed by atoms with van der Waals surface area (Å²) in [7, 11) is 0. The molecule has 0 amide bonds. The van der Waals surface area contributed by atoms with Gasteiger partial charge in [0.25, 0.3) is 0 Å². The molecular formula is C11H14N2O. The van der Waals surface area contributed by atoms with Crippen LogP contribution in [0.1, 0.15) is 36.0 Å². The van der Waals surface area contributed by atoms with E-state index in [9.17, 15) is 4.79 Å². The van der Waals surface area contributed by atoms with Crippen molar-refractivity contribution in [2.45, 2.75) is 31.7 Å². The predicted molar refractivity (Wildman–Crippen MR) is 55.5 cm³/mol. The standard InChI is InChI=1S/C11H14N2O/c14-8-9-4-3-7-12-11(9)13-10-5-1-2-6-10/h3-4,7-8,10H,1-2,5-6H2,(H,12,13). The molecule has 0 spiro atoms. The Balaban J connectivity index is 2.10. The van der Waals surface area contributed by atoms with Crippen molar-refractivity contribution in [3.05, 3.63) is 23.9 Å². The zero-order valence-corrected chi connectivity index (χ0v) is 8.07. The third-order valence-corrected chi connectivity index (χ3v) is 2.66. The number of nitrogens with zero attached hydrogens (tertiary/aromatic N) is 1. The fourth-order valence-electron chi connectivity index (χ4n) is 1.90. The summed E-state index contributed by atoms with van der Waals surface area (Å²) in [4.78, 5) is 14.9. The molecule has 74 valence electrons. The smallest absolute Gasteiger partial charge is 0.153 e. The van der Waals surface area contributed by atoms with Gasteiger partial charge in [0.15, 0.2) is 6.29 Å². The summed E-state index contributed by atoms with van der Waals surface area (Å²) in [6.07, 6.45) is 7.50. The summed E-state index contributed by atoms with van der Waals surface area (Å²) in [5, 5.41) is 3.32. The fourth-order valence-corrected chi connectivity index (χ4v) is 1.90. The molecule has 0 bridgehead atoms. The van der Waals surface area contributed by atoms with E-state index in [1.165, 1.54) is 25.7 Å². The molecule has 0 radical (unpaired) electrons. The Bertz CT molecular complexity index is 319. The first-order valence-electron chi connectivity index (χ1n) is 5.07. The number of aldehydes is 1. The molecule has 1 N–H and O–H groups in total. The minimum absolute atomic E-state index is 0.503. The molecule has 1 aromatic rings. The Morgan fingerprint density at radius 2 is 2.21 bits per heavy atom. The van der Waals surface area contributed by atoms with Gasteiger partial charge in [0.05, 0.1) is 5.56 Å². The number of rotatable bonds is 3. The second-order valence-electron chi connectivity index (χ2n) is 3.68. The number of pyridine rings is 1. The molecule has 1 fully saturated rings. The average molecular weight is 190 g/mol. The molecule has 3 nitrogen and oxygen atoms in total. The van der Waals surface area contributed by atoms with Crippen LogP contribution >= 0.6 is 0 Å². The maximum atomic E-state index is 10.7. The Labute approximate surface area is 83.5 Å². The molecule has 0 aliphatic heterocycles. The second kappa shape index (κ2) is 4.22. The van der Waals surface area contributed by atoms with E-state index in [4.69, 9.17) is 0 Å². The molecule has 1 heterocycles. The van der Waals surface area contributed by atoms with Crippen LogP contribution in [-0.2, 0) is 0 Å². The highest BCUT2D eigenvalue weighted by molar-refractivity contribution is 5.82. The van der Waals surface area contributed by atoms with Gasteiger partial charge in [-0.1, -0.05) is 12.8 Å². The summed E-state index contributed by atoms with van der Waals surface area (Å²) in [5.41, 5.74) is 0.652. The minimum atomic E-state index is 0.503. The number of nitrogens with one attached hydrogen (secondary N) is 1. The second-order valence-corrected chi connectivity index (χ2v) is 3.68. The molecule has 1 aliphatic rings. The van der Waals surface area contributed by atoms with Gasteiger partial charge in [-0.3, -0.25) is 4.79 Å². The first-order chi connectivity index (χ1) is 6.90. The van der Waals surface area contributed by atoms with Crippen molar-refractivity contribution >= 4 is 12.1 Å². The monoisotopic (exact) mass is 190 g/mol. The zero-order valence-electron chi connectivity index (χ0n) is 8.07. The number of carbonyl (C=O) groups is 1. The molecule has 2 rings (SSSR count). The van der Waals surface area contributed by atoms with E-state index < -0.39 is 0 Å². The van der Waals surface area contributed by atoms with Gasteiger partial charge < -0.3 is 5.32 Å². The van der Waals surface area contributed by atoms with Crippen LogP contribution < -0.4 is 5.32 Å². The number of carbonyl (C=O) groups excluding carboxylic acids is 1. The van der Waals surface area contributed by atoms with Gasteiger partial charge in [0.2, 0.25) is 0 Å². The van der Waals surface area contributed by atoms with Crippen molar-refractivity contribution in [3.8, 4) is 0 Å². The number of hydrogen-bond acceptors (Lipinski definition) is 3. The maximum Gasteiger partial charge on any atom is 0.153 e. The number of anilines is 1. The summed E-state index contributed by atoms with van der Waals surface area (Å²) in [6, 6.07) is 4.07. The van der Waals surface area contributed by atoms with E-state index in [1.54, 1.807) is 18.3 Å². The summed E-state index contributed by atoms with van der Waals surface area (Å²) in [6.45, 7) is 0. The van der Waals surface area contributed by atoms with E-state index in [2.05, 4.69) is 10.3 Å². The summed E-state index contributed by atoms with van der Waals surface area (Å²) >= 11 is 0. The van der Waals surface area contributed by atoms with Crippen LogP contribution in [-0.4, -0.2) is 17.3 Å². The van der Waals surface area contributed by atoms with E-state index in [-0.39, 0.29) is 0 Å². The van der Waals surface area contributed by atoms with Crippen molar-refractivity contribution in [2.75, 3.05) is 5.32 Å². The Hall–Kier alpha value is -1.38. The van der Waals surface area contributed by atoms with Crippen LogP contribution in [0.4, 0.5) is 5.82 Å². The van der Waals surface area contributed by atoms with Gasteiger partial charge in [-0.15, -0.1) is 0 Å². The van der Waals surface area contributed by atoms with E-state index in [1.807, 2.05) is 0 Å². The molecule has 14 heavy (non-hydrogen) atoms. The van der Waals surface area contributed by atoms with Crippen LogP contribution in [0.3, 0.4) is 0 Å². The van der Waals surface area contributed by atoms with Crippen molar-refractivity contribution in [3.63, 3.8) is 0 Å². The number of hydrogen-bond donors (Lipinski definition) is 1. The van der Waals surface area contributed by atoms with Crippen LogP contribution in [0.5, 0.6) is 0 Å². The Kier molecular flexibility index (Phi) is 2.77. The third-order valence-electron chi connectivity index (χ3n) is 2.66. The highest BCUT2D eigenvalue weighted by Crippen LogP contribution is 2.22. The van der Waals surface area contributed by atoms with Gasteiger partial charge in [0, 0.05) is 12.2 Å². The zero-order chi connectivity index (χ0) is 9.80. The number of aromatic nitrogens is 1. The molecule has 1 aliphatic carbocycles. The Morgan fingerprint density at radius 3 is 2.93 bits per heavy atom. The maximum absolute atomic E-state index is 10.7. The topological polar surface area (TPSA) is 42.0 Å².